The van der Waals surface area contributed by atoms with Crippen molar-refractivity contribution in [2.45, 2.75) is 34.2 Å². The van der Waals surface area contributed by atoms with Gasteiger partial charge in [-0.05, 0) is 13.0 Å². The number of amides is 2. The number of β-lactam (4-membered cyclic amide) rings is 1. The van der Waals surface area contributed by atoms with E-state index in [2.05, 4.69) is 20.4 Å². The summed E-state index contributed by atoms with van der Waals surface area (Å²) in [6.45, 7) is 1.89. The SMILES string of the molecule is CC(N)CSc1cnccc1SC1=C(C(=O)O)N2C(=O)[C@@H](NC(=O)/C(=N\O)c3csc(N)n3)[C@H]2SC1. The van der Waals surface area contributed by atoms with Gasteiger partial charge in [-0.1, -0.05) is 16.9 Å². The Morgan fingerprint density at radius 1 is 1.42 bits per heavy atom. The summed E-state index contributed by atoms with van der Waals surface area (Å²) in [5, 5.41) is 25.8. The van der Waals surface area contributed by atoms with Crippen LogP contribution < -0.4 is 16.8 Å². The van der Waals surface area contributed by atoms with E-state index >= 15 is 0 Å². The number of anilines is 1. The van der Waals surface area contributed by atoms with Gasteiger partial charge in [0, 0.05) is 50.0 Å². The molecule has 2 aliphatic rings. The van der Waals surface area contributed by atoms with E-state index in [1.807, 2.05) is 6.92 Å². The molecule has 190 valence electrons. The molecule has 1 saturated heterocycles. The van der Waals surface area contributed by atoms with Crippen LogP contribution in [0.1, 0.15) is 12.6 Å². The van der Waals surface area contributed by atoms with Crippen LogP contribution in [-0.4, -0.2) is 77.6 Å². The molecule has 36 heavy (non-hydrogen) atoms. The third-order valence-electron chi connectivity index (χ3n) is 4.98. The molecule has 3 atom stereocenters. The fourth-order valence-electron chi connectivity index (χ4n) is 3.40. The Bertz CT molecular complexity index is 1260. The Labute approximate surface area is 222 Å². The topological polar surface area (TPSA) is 197 Å². The van der Waals surface area contributed by atoms with Gasteiger partial charge in [0.1, 0.15) is 22.8 Å². The lowest BCUT2D eigenvalue weighted by Gasteiger charge is -2.49. The third-order valence-corrected chi connectivity index (χ3v) is 9.74. The number of nitrogen functional groups attached to an aromatic ring is 1. The lowest BCUT2D eigenvalue weighted by Crippen LogP contribution is -2.71. The maximum absolute atomic E-state index is 13.0. The molecule has 7 N–H and O–H groups in total. The largest absolute Gasteiger partial charge is 0.477 e. The molecule has 16 heteroatoms. The predicted molar refractivity (Wildman–Crippen MR) is 139 cm³/mol. The zero-order chi connectivity index (χ0) is 26.0. The molecule has 0 aliphatic carbocycles. The van der Waals surface area contributed by atoms with E-state index in [1.165, 1.54) is 45.6 Å². The molecule has 4 rings (SSSR count). The van der Waals surface area contributed by atoms with Crippen molar-refractivity contribution in [3.63, 3.8) is 0 Å². The van der Waals surface area contributed by atoms with Gasteiger partial charge in [-0.2, -0.15) is 0 Å². The molecule has 2 aliphatic heterocycles. The molecule has 2 aromatic rings. The number of aliphatic carboxylic acids is 1. The van der Waals surface area contributed by atoms with Crippen molar-refractivity contribution < 1.29 is 24.7 Å². The van der Waals surface area contributed by atoms with Gasteiger partial charge in [-0.25, -0.2) is 9.78 Å². The van der Waals surface area contributed by atoms with Gasteiger partial charge in [0.15, 0.2) is 10.8 Å². The Morgan fingerprint density at radius 3 is 2.83 bits per heavy atom. The summed E-state index contributed by atoms with van der Waals surface area (Å²) in [6, 6.07) is 0.775. The number of thiazole rings is 1. The maximum atomic E-state index is 13.0. The number of hydrogen-bond acceptors (Lipinski definition) is 13. The fourth-order valence-corrected chi connectivity index (χ4v) is 7.50. The van der Waals surface area contributed by atoms with Crippen molar-refractivity contribution in [2.75, 3.05) is 17.2 Å². The molecule has 2 aromatic heterocycles. The Hall–Kier alpha value is -2.79. The first-order valence-electron chi connectivity index (χ1n) is 10.4. The van der Waals surface area contributed by atoms with E-state index in [0.717, 1.165) is 21.1 Å². The zero-order valence-electron chi connectivity index (χ0n) is 18.7. The van der Waals surface area contributed by atoms with E-state index in [4.69, 9.17) is 11.5 Å². The monoisotopic (exact) mass is 567 g/mol. The zero-order valence-corrected chi connectivity index (χ0v) is 21.9. The van der Waals surface area contributed by atoms with Crippen LogP contribution in [0, 0.1) is 0 Å². The van der Waals surface area contributed by atoms with Crippen molar-refractivity contribution in [1.82, 2.24) is 20.2 Å². The molecule has 0 radical (unpaired) electrons. The second kappa shape index (κ2) is 11.1. The Balaban J connectivity index is 1.52. The lowest BCUT2D eigenvalue weighted by atomic mass is 10.0. The van der Waals surface area contributed by atoms with Crippen LogP contribution in [-0.2, 0) is 14.4 Å². The first-order valence-corrected chi connectivity index (χ1v) is 14.1. The van der Waals surface area contributed by atoms with Crippen molar-refractivity contribution >= 4 is 75.2 Å². The average molecular weight is 568 g/mol. The number of aromatic nitrogens is 2. The van der Waals surface area contributed by atoms with Crippen LogP contribution in [0.25, 0.3) is 0 Å². The highest BCUT2D eigenvalue weighted by Gasteiger charge is 2.54. The highest BCUT2D eigenvalue weighted by Crippen LogP contribution is 2.46. The van der Waals surface area contributed by atoms with E-state index in [1.54, 1.807) is 18.5 Å². The molecule has 1 unspecified atom stereocenters. The average Bonchev–Trinajstić information content (AvgIpc) is 3.27. The number of nitrogens with two attached hydrogens (primary N) is 2. The van der Waals surface area contributed by atoms with Gasteiger partial charge in [-0.15, -0.1) is 34.9 Å². The van der Waals surface area contributed by atoms with E-state index in [9.17, 15) is 24.7 Å². The van der Waals surface area contributed by atoms with Crippen molar-refractivity contribution in [3.05, 3.63) is 40.1 Å². The number of carboxylic acids is 1. The maximum Gasteiger partial charge on any atom is 0.353 e. The molecule has 0 aromatic carbocycles. The number of hydrogen-bond donors (Lipinski definition) is 5. The molecule has 4 heterocycles. The van der Waals surface area contributed by atoms with E-state index in [0.29, 0.717) is 16.4 Å². The van der Waals surface area contributed by atoms with Crippen molar-refractivity contribution in [3.8, 4) is 0 Å². The highest BCUT2D eigenvalue weighted by atomic mass is 32.2. The molecule has 0 bridgehead atoms. The number of nitrogens with zero attached hydrogens (tertiary/aromatic N) is 4. The quantitative estimate of drug-likeness (QED) is 0.0956. The molecule has 2 amide bonds. The Morgan fingerprint density at radius 2 is 2.19 bits per heavy atom. The van der Waals surface area contributed by atoms with Gasteiger partial charge in [-0.3, -0.25) is 19.5 Å². The number of thioether (sulfide) groups is 3. The number of fused-ring (bicyclic) bond motifs is 1. The van der Waals surface area contributed by atoms with Crippen LogP contribution in [0.2, 0.25) is 0 Å². The number of nitrogens with one attached hydrogen (secondary N) is 1. The molecular formula is C20H21N7O5S4. The summed E-state index contributed by atoms with van der Waals surface area (Å²) >= 11 is 5.18. The number of carboxylic acid groups (broad SMARTS) is 1. The third kappa shape index (κ3) is 5.31. The highest BCUT2D eigenvalue weighted by molar-refractivity contribution is 8.07. The predicted octanol–water partition coefficient (Wildman–Crippen LogP) is 1.23. The van der Waals surface area contributed by atoms with Gasteiger partial charge >= 0.3 is 5.97 Å². The lowest BCUT2D eigenvalue weighted by molar-refractivity contribution is -0.150. The molecule has 0 spiro atoms. The first-order chi connectivity index (χ1) is 17.2. The van der Waals surface area contributed by atoms with Crippen LogP contribution in [0.3, 0.4) is 0 Å². The van der Waals surface area contributed by atoms with Gasteiger partial charge in [0.2, 0.25) is 0 Å². The molecular weight excluding hydrogens is 547 g/mol. The van der Waals surface area contributed by atoms with Crippen LogP contribution in [0.4, 0.5) is 5.13 Å². The summed E-state index contributed by atoms with van der Waals surface area (Å²) in [5.41, 5.74) is 11.0. The standard InChI is InChI=1S/C20H21N7O5S4/c1-8(21)5-33-11-4-23-3-2-10(11)36-12-7-34-18-14(17(29)27(18)15(12)19(30)31)25-16(28)13(26-32)9-6-35-20(22)24-9/h2-4,6,8,14,18,32H,5,7,21H2,1H3,(H2,22,24)(H,25,28)(H,30,31)/b26-13-/t8?,14-,18-/m1/s1. The fraction of sp³-hybridized carbons (Fsp3) is 0.300. The summed E-state index contributed by atoms with van der Waals surface area (Å²) < 4.78 is 0. The number of pyridine rings is 1. The van der Waals surface area contributed by atoms with E-state index < -0.39 is 34.9 Å². The molecule has 1 fully saturated rings. The molecule has 0 saturated carbocycles. The van der Waals surface area contributed by atoms with Crippen LogP contribution in [0.5, 0.6) is 0 Å². The minimum atomic E-state index is -1.24. The summed E-state index contributed by atoms with van der Waals surface area (Å²) in [4.78, 5) is 49.2. The number of rotatable bonds is 9. The van der Waals surface area contributed by atoms with Crippen molar-refractivity contribution in [2.24, 2.45) is 10.9 Å². The number of carbonyl (C=O) groups excluding carboxylic acids is 2. The first kappa shape index (κ1) is 26.3. The minimum Gasteiger partial charge on any atom is -0.477 e. The minimum absolute atomic E-state index is 0.0250. The second-order valence-corrected chi connectivity index (χ2v) is 11.9. The Kier molecular flexibility index (Phi) is 8.09. The van der Waals surface area contributed by atoms with Gasteiger partial charge in [0.05, 0.1) is 0 Å². The van der Waals surface area contributed by atoms with E-state index in [-0.39, 0.29) is 22.6 Å². The number of oxime groups is 1. The smallest absolute Gasteiger partial charge is 0.353 e. The second-order valence-electron chi connectivity index (χ2n) is 7.67. The van der Waals surface area contributed by atoms with Crippen LogP contribution >= 0.6 is 46.6 Å². The summed E-state index contributed by atoms with van der Waals surface area (Å²) in [6.07, 6.45) is 3.32. The number of carbonyl (C=O) groups is 3. The summed E-state index contributed by atoms with van der Waals surface area (Å²) in [7, 11) is 0. The van der Waals surface area contributed by atoms with Crippen LogP contribution in [0.15, 0.2) is 49.4 Å². The van der Waals surface area contributed by atoms with Crippen molar-refractivity contribution in [1.29, 1.82) is 0 Å². The van der Waals surface area contributed by atoms with Gasteiger partial charge < -0.3 is 27.1 Å². The molecule has 12 nitrogen and oxygen atoms in total. The van der Waals surface area contributed by atoms with Gasteiger partial charge in [0.25, 0.3) is 11.8 Å². The summed E-state index contributed by atoms with van der Waals surface area (Å²) in [5.74, 6) is -1.66. The normalized spacial score (nSPS) is 20.6.